The van der Waals surface area contributed by atoms with Gasteiger partial charge in [-0.1, -0.05) is 18.7 Å². The Morgan fingerprint density at radius 1 is 1.26 bits per heavy atom. The predicted molar refractivity (Wildman–Crippen MR) is 82.7 cm³/mol. The highest BCUT2D eigenvalue weighted by atomic mass is 19.4. The van der Waals surface area contributed by atoms with Crippen LogP contribution >= 0.6 is 0 Å². The molecule has 1 aromatic carbocycles. The Balaban J connectivity index is 1.87. The number of allylic oxidation sites excluding steroid dienone is 1. The lowest BCUT2D eigenvalue weighted by Crippen LogP contribution is -2.44. The zero-order valence-corrected chi connectivity index (χ0v) is 13.1. The van der Waals surface area contributed by atoms with Gasteiger partial charge in [-0.05, 0) is 37.5 Å². The molecule has 1 aromatic rings. The average Bonchev–Trinajstić information content (AvgIpc) is 2.47. The van der Waals surface area contributed by atoms with E-state index in [0.29, 0.717) is 24.7 Å². The zero-order valence-electron chi connectivity index (χ0n) is 13.1. The fraction of sp³-hybridized carbons (Fsp3) is 0.471. The molecule has 2 rings (SSSR count). The van der Waals surface area contributed by atoms with Crippen molar-refractivity contribution in [1.82, 2.24) is 10.2 Å². The molecular formula is C17H21F3N2O. The molecule has 0 aliphatic carbocycles. The summed E-state index contributed by atoms with van der Waals surface area (Å²) in [5.74, 6) is -0.0430. The van der Waals surface area contributed by atoms with Crippen molar-refractivity contribution in [3.05, 3.63) is 47.7 Å². The van der Waals surface area contributed by atoms with Gasteiger partial charge in [0.05, 0.1) is 12.0 Å². The summed E-state index contributed by atoms with van der Waals surface area (Å²) in [4.78, 5) is 14.0. The number of carbonyl (C=O) groups excluding carboxylic acids is 1. The van der Waals surface area contributed by atoms with Crippen LogP contribution in [-0.2, 0) is 17.4 Å². The third kappa shape index (κ3) is 5.01. The van der Waals surface area contributed by atoms with Crippen LogP contribution in [0.3, 0.4) is 0 Å². The Hall–Kier alpha value is -1.98. The molecular weight excluding hydrogens is 305 g/mol. The maximum Gasteiger partial charge on any atom is 0.416 e. The maximum atomic E-state index is 12.5. The Morgan fingerprint density at radius 2 is 1.83 bits per heavy atom. The Bertz CT molecular complexity index is 558. The second kappa shape index (κ2) is 7.06. The second-order valence-electron chi connectivity index (χ2n) is 5.95. The molecule has 1 fully saturated rings. The number of halogens is 3. The molecule has 0 saturated carbocycles. The second-order valence-corrected chi connectivity index (χ2v) is 5.95. The first-order valence-corrected chi connectivity index (χ1v) is 7.61. The lowest BCUT2D eigenvalue weighted by atomic mass is 10.0. The Kier molecular flexibility index (Phi) is 5.34. The molecule has 0 aromatic heterocycles. The summed E-state index contributed by atoms with van der Waals surface area (Å²) in [6, 6.07) is 5.12. The number of nitrogens with one attached hydrogen (secondary N) is 1. The number of nitrogens with zero attached hydrogens (tertiary/aromatic N) is 1. The van der Waals surface area contributed by atoms with Crippen LogP contribution in [0.4, 0.5) is 13.2 Å². The van der Waals surface area contributed by atoms with Gasteiger partial charge in [-0.3, -0.25) is 4.79 Å². The van der Waals surface area contributed by atoms with Gasteiger partial charge in [0.15, 0.2) is 0 Å². The minimum Gasteiger partial charge on any atom is -0.386 e. The van der Waals surface area contributed by atoms with Gasteiger partial charge in [0, 0.05) is 24.8 Å². The fourth-order valence-electron chi connectivity index (χ4n) is 2.72. The van der Waals surface area contributed by atoms with Crippen LogP contribution in [0.2, 0.25) is 0 Å². The summed E-state index contributed by atoms with van der Waals surface area (Å²) in [5.41, 5.74) is 0.824. The Labute approximate surface area is 134 Å². The number of hydrogen-bond acceptors (Lipinski definition) is 2. The van der Waals surface area contributed by atoms with E-state index in [9.17, 15) is 18.0 Å². The molecule has 23 heavy (non-hydrogen) atoms. The smallest absolute Gasteiger partial charge is 0.386 e. The minimum absolute atomic E-state index is 0.0430. The van der Waals surface area contributed by atoms with E-state index in [2.05, 4.69) is 11.9 Å². The van der Waals surface area contributed by atoms with E-state index in [1.165, 1.54) is 12.1 Å². The van der Waals surface area contributed by atoms with Gasteiger partial charge in [0.25, 0.3) is 0 Å². The number of piperidine rings is 1. The molecule has 0 atom stereocenters. The van der Waals surface area contributed by atoms with Crippen LogP contribution in [0, 0.1) is 0 Å². The summed E-state index contributed by atoms with van der Waals surface area (Å²) >= 11 is 0. The van der Waals surface area contributed by atoms with Crippen LogP contribution in [0.5, 0.6) is 0 Å². The van der Waals surface area contributed by atoms with Crippen LogP contribution in [-0.4, -0.2) is 29.9 Å². The molecule has 0 unspecified atom stereocenters. The van der Waals surface area contributed by atoms with Crippen LogP contribution in [0.25, 0.3) is 0 Å². The highest BCUT2D eigenvalue weighted by Gasteiger charge is 2.30. The molecule has 1 N–H and O–H groups in total. The van der Waals surface area contributed by atoms with Gasteiger partial charge in [-0.25, -0.2) is 0 Å². The first kappa shape index (κ1) is 17.4. The quantitative estimate of drug-likeness (QED) is 0.920. The molecule has 1 saturated heterocycles. The zero-order chi connectivity index (χ0) is 17.0. The van der Waals surface area contributed by atoms with Gasteiger partial charge in [0.2, 0.25) is 5.91 Å². The van der Waals surface area contributed by atoms with E-state index in [1.54, 1.807) is 4.90 Å². The third-order valence-electron chi connectivity index (χ3n) is 3.93. The van der Waals surface area contributed by atoms with E-state index >= 15 is 0 Å². The molecule has 126 valence electrons. The molecule has 0 bridgehead atoms. The monoisotopic (exact) mass is 326 g/mol. The van der Waals surface area contributed by atoms with Gasteiger partial charge in [-0.2, -0.15) is 13.2 Å². The lowest BCUT2D eigenvalue weighted by molar-refractivity contribution is -0.137. The minimum atomic E-state index is -4.35. The van der Waals surface area contributed by atoms with E-state index in [4.69, 9.17) is 0 Å². The highest BCUT2D eigenvalue weighted by Crippen LogP contribution is 2.29. The maximum absolute atomic E-state index is 12.5. The normalized spacial score (nSPS) is 16.3. The van der Waals surface area contributed by atoms with Crippen LogP contribution in [0.15, 0.2) is 36.5 Å². The van der Waals surface area contributed by atoms with Crippen molar-refractivity contribution < 1.29 is 18.0 Å². The van der Waals surface area contributed by atoms with Gasteiger partial charge in [-0.15, -0.1) is 0 Å². The number of amides is 1. The number of likely N-dealkylation sites (tertiary alicyclic amines) is 1. The van der Waals surface area contributed by atoms with E-state index in [1.807, 2.05) is 6.92 Å². The summed E-state index contributed by atoms with van der Waals surface area (Å²) in [7, 11) is 0. The van der Waals surface area contributed by atoms with E-state index in [-0.39, 0.29) is 12.3 Å². The summed E-state index contributed by atoms with van der Waals surface area (Å²) in [5, 5.41) is 3.27. The number of hydrogen-bond donors (Lipinski definition) is 1. The van der Waals surface area contributed by atoms with Crippen molar-refractivity contribution in [3.8, 4) is 0 Å². The summed E-state index contributed by atoms with van der Waals surface area (Å²) < 4.78 is 37.5. The van der Waals surface area contributed by atoms with Gasteiger partial charge < -0.3 is 10.2 Å². The summed E-state index contributed by atoms with van der Waals surface area (Å²) in [6.07, 6.45) is -2.51. The third-order valence-corrected chi connectivity index (χ3v) is 3.93. The molecule has 1 heterocycles. The molecule has 3 nitrogen and oxygen atoms in total. The summed E-state index contributed by atoms with van der Waals surface area (Å²) in [6.45, 7) is 7.03. The average molecular weight is 326 g/mol. The van der Waals surface area contributed by atoms with Gasteiger partial charge >= 0.3 is 6.18 Å². The molecule has 0 spiro atoms. The van der Waals surface area contributed by atoms with Crippen molar-refractivity contribution in [2.24, 2.45) is 0 Å². The van der Waals surface area contributed by atoms with E-state index < -0.39 is 11.7 Å². The van der Waals surface area contributed by atoms with Crippen molar-refractivity contribution in [2.45, 2.75) is 38.4 Å². The first-order chi connectivity index (χ1) is 10.8. The molecule has 0 radical (unpaired) electrons. The number of carbonyl (C=O) groups is 1. The van der Waals surface area contributed by atoms with Crippen LogP contribution < -0.4 is 5.32 Å². The fourth-order valence-corrected chi connectivity index (χ4v) is 2.72. The van der Waals surface area contributed by atoms with Crippen molar-refractivity contribution in [2.75, 3.05) is 13.1 Å². The van der Waals surface area contributed by atoms with Crippen molar-refractivity contribution in [3.63, 3.8) is 0 Å². The molecule has 6 heteroatoms. The highest BCUT2D eigenvalue weighted by molar-refractivity contribution is 5.78. The SMILES string of the molecule is C=C(C)NC1CCN(C(=O)Cc2ccc(C(F)(F)F)cc2)CC1. The first-order valence-electron chi connectivity index (χ1n) is 7.61. The number of rotatable bonds is 4. The standard InChI is InChI=1S/C17H21F3N2O/c1-12(2)21-15-7-9-22(10-8-15)16(23)11-13-3-5-14(6-4-13)17(18,19)20/h3-6,15,21H,1,7-11H2,2H3. The van der Waals surface area contributed by atoms with Crippen molar-refractivity contribution >= 4 is 5.91 Å². The van der Waals surface area contributed by atoms with Gasteiger partial charge in [0.1, 0.15) is 0 Å². The largest absolute Gasteiger partial charge is 0.416 e. The molecule has 1 aliphatic rings. The Morgan fingerprint density at radius 3 is 2.30 bits per heavy atom. The topological polar surface area (TPSA) is 32.3 Å². The molecule has 1 aliphatic heterocycles. The van der Waals surface area contributed by atoms with Crippen molar-refractivity contribution in [1.29, 1.82) is 0 Å². The molecule has 1 amide bonds. The van der Waals surface area contributed by atoms with E-state index in [0.717, 1.165) is 30.7 Å². The van der Waals surface area contributed by atoms with Crippen LogP contribution in [0.1, 0.15) is 30.9 Å². The number of alkyl halides is 3. The predicted octanol–water partition coefficient (Wildman–Crippen LogP) is 3.36. The lowest BCUT2D eigenvalue weighted by Gasteiger charge is -2.33. The number of benzene rings is 1.